The predicted octanol–water partition coefficient (Wildman–Crippen LogP) is 3.45. The number of nitrogens with one attached hydrogen (secondary N) is 1. The van der Waals surface area contributed by atoms with Crippen LogP contribution in [0.1, 0.15) is 49.7 Å². The second-order valence-electron chi connectivity index (χ2n) is 5.27. The summed E-state index contributed by atoms with van der Waals surface area (Å²) in [7, 11) is 0. The molecule has 0 aromatic carbocycles. The Kier molecular flexibility index (Phi) is 4.99. The van der Waals surface area contributed by atoms with Crippen molar-refractivity contribution in [2.24, 2.45) is 5.92 Å². The van der Waals surface area contributed by atoms with Crippen LogP contribution in [0.3, 0.4) is 0 Å². The van der Waals surface area contributed by atoms with E-state index in [1.807, 2.05) is 12.4 Å². The zero-order valence-electron chi connectivity index (χ0n) is 10.9. The Hall–Kier alpha value is -0.890. The van der Waals surface area contributed by atoms with Gasteiger partial charge in [0, 0.05) is 18.9 Å². The largest absolute Gasteiger partial charge is 0.313 e. The van der Waals surface area contributed by atoms with Crippen molar-refractivity contribution >= 4 is 0 Å². The third-order valence-electron chi connectivity index (χ3n) is 3.92. The highest BCUT2D eigenvalue weighted by atomic mass is 14.8. The minimum atomic E-state index is 0.965. The molecule has 1 aliphatic carbocycles. The maximum absolute atomic E-state index is 4.17. The number of hydrogen-bond donors (Lipinski definition) is 1. The van der Waals surface area contributed by atoms with Crippen molar-refractivity contribution in [3.63, 3.8) is 0 Å². The van der Waals surface area contributed by atoms with Crippen LogP contribution in [0.25, 0.3) is 0 Å². The molecule has 0 radical (unpaired) electrons. The minimum absolute atomic E-state index is 0.965. The quantitative estimate of drug-likeness (QED) is 0.787. The van der Waals surface area contributed by atoms with Gasteiger partial charge in [0.15, 0.2) is 0 Å². The van der Waals surface area contributed by atoms with Crippen LogP contribution in [0.5, 0.6) is 0 Å². The molecule has 0 bridgehead atoms. The molecule has 1 aliphatic rings. The Morgan fingerprint density at radius 3 is 2.88 bits per heavy atom. The van der Waals surface area contributed by atoms with Crippen LogP contribution in [-0.2, 0) is 6.54 Å². The molecule has 0 spiro atoms. The van der Waals surface area contributed by atoms with Gasteiger partial charge in [0.2, 0.25) is 0 Å². The first-order valence-corrected chi connectivity index (χ1v) is 6.96. The minimum Gasteiger partial charge on any atom is -0.313 e. The topological polar surface area (TPSA) is 24.9 Å². The van der Waals surface area contributed by atoms with Crippen molar-refractivity contribution in [1.82, 2.24) is 10.3 Å². The zero-order valence-corrected chi connectivity index (χ0v) is 10.9. The lowest BCUT2D eigenvalue weighted by Gasteiger charge is -2.21. The maximum atomic E-state index is 4.17. The van der Waals surface area contributed by atoms with Crippen molar-refractivity contribution in [3.05, 3.63) is 29.6 Å². The standard InChI is InChI=1S/C15H24N2/c1-13-7-9-16-11-15(13)12-17-10-8-14-5-3-2-4-6-14/h7,9,11,14,17H,2-6,8,10,12H2,1H3. The summed E-state index contributed by atoms with van der Waals surface area (Å²) in [6, 6.07) is 2.08. The second kappa shape index (κ2) is 6.75. The normalized spacial score (nSPS) is 17.2. The first-order valence-electron chi connectivity index (χ1n) is 6.96. The Morgan fingerprint density at radius 1 is 1.29 bits per heavy atom. The summed E-state index contributed by atoms with van der Waals surface area (Å²) in [5, 5.41) is 3.55. The summed E-state index contributed by atoms with van der Waals surface area (Å²) in [5.41, 5.74) is 2.67. The molecule has 1 saturated carbocycles. The van der Waals surface area contributed by atoms with Crippen LogP contribution in [-0.4, -0.2) is 11.5 Å². The SMILES string of the molecule is Cc1ccncc1CNCCC1CCCCC1. The fourth-order valence-corrected chi connectivity index (χ4v) is 2.69. The van der Waals surface area contributed by atoms with Gasteiger partial charge in [0.05, 0.1) is 0 Å². The monoisotopic (exact) mass is 232 g/mol. The number of rotatable bonds is 5. The highest BCUT2D eigenvalue weighted by molar-refractivity contribution is 5.20. The van der Waals surface area contributed by atoms with Crippen LogP contribution in [0, 0.1) is 12.8 Å². The molecule has 0 amide bonds. The van der Waals surface area contributed by atoms with Crippen molar-refractivity contribution in [1.29, 1.82) is 0 Å². The molecule has 2 rings (SSSR count). The first kappa shape index (κ1) is 12.6. The average molecular weight is 232 g/mol. The molecule has 0 saturated heterocycles. The van der Waals surface area contributed by atoms with Gasteiger partial charge in [-0.1, -0.05) is 32.1 Å². The van der Waals surface area contributed by atoms with Crippen molar-refractivity contribution in [3.8, 4) is 0 Å². The van der Waals surface area contributed by atoms with Gasteiger partial charge in [-0.25, -0.2) is 0 Å². The summed E-state index contributed by atoms with van der Waals surface area (Å²) in [4.78, 5) is 4.17. The van der Waals surface area contributed by atoms with E-state index in [0.717, 1.165) is 19.0 Å². The average Bonchev–Trinajstić information content (AvgIpc) is 2.38. The third kappa shape index (κ3) is 4.12. The van der Waals surface area contributed by atoms with Gasteiger partial charge in [0.1, 0.15) is 0 Å². The van der Waals surface area contributed by atoms with E-state index in [9.17, 15) is 0 Å². The fourth-order valence-electron chi connectivity index (χ4n) is 2.69. The number of nitrogens with zero attached hydrogens (tertiary/aromatic N) is 1. The van der Waals surface area contributed by atoms with Gasteiger partial charge < -0.3 is 5.32 Å². The van der Waals surface area contributed by atoms with Crippen molar-refractivity contribution in [2.75, 3.05) is 6.54 Å². The smallest absolute Gasteiger partial charge is 0.0315 e. The van der Waals surface area contributed by atoms with E-state index in [1.165, 1.54) is 49.7 Å². The molecule has 0 aliphatic heterocycles. The summed E-state index contributed by atoms with van der Waals surface area (Å²) < 4.78 is 0. The number of hydrogen-bond acceptors (Lipinski definition) is 2. The van der Waals surface area contributed by atoms with Gasteiger partial charge >= 0.3 is 0 Å². The van der Waals surface area contributed by atoms with E-state index >= 15 is 0 Å². The van der Waals surface area contributed by atoms with Crippen LogP contribution in [0.2, 0.25) is 0 Å². The molecule has 1 heterocycles. The third-order valence-corrected chi connectivity index (χ3v) is 3.92. The molecule has 17 heavy (non-hydrogen) atoms. The highest BCUT2D eigenvalue weighted by Gasteiger charge is 2.12. The van der Waals surface area contributed by atoms with Gasteiger partial charge in [-0.15, -0.1) is 0 Å². The second-order valence-corrected chi connectivity index (χ2v) is 5.27. The van der Waals surface area contributed by atoms with Crippen molar-refractivity contribution in [2.45, 2.75) is 52.0 Å². The Labute approximate surface area is 105 Å². The summed E-state index contributed by atoms with van der Waals surface area (Å²) in [5.74, 6) is 0.978. The van der Waals surface area contributed by atoms with Crippen LogP contribution in [0.15, 0.2) is 18.5 Å². The fraction of sp³-hybridized carbons (Fsp3) is 0.667. The van der Waals surface area contributed by atoms with E-state index in [4.69, 9.17) is 0 Å². The molecule has 0 unspecified atom stereocenters. The molecule has 2 heteroatoms. The van der Waals surface area contributed by atoms with Gasteiger partial charge in [-0.05, 0) is 43.0 Å². The molecule has 94 valence electrons. The number of aromatic nitrogens is 1. The van der Waals surface area contributed by atoms with E-state index in [-0.39, 0.29) is 0 Å². The number of pyridine rings is 1. The van der Waals surface area contributed by atoms with Crippen LogP contribution >= 0.6 is 0 Å². The van der Waals surface area contributed by atoms with Gasteiger partial charge in [-0.3, -0.25) is 4.98 Å². The molecule has 2 nitrogen and oxygen atoms in total. The van der Waals surface area contributed by atoms with E-state index in [2.05, 4.69) is 23.3 Å². The molecule has 0 atom stereocenters. The Morgan fingerprint density at radius 2 is 2.12 bits per heavy atom. The lowest BCUT2D eigenvalue weighted by atomic mass is 9.87. The molecule has 1 N–H and O–H groups in total. The van der Waals surface area contributed by atoms with Crippen LogP contribution < -0.4 is 5.32 Å². The predicted molar refractivity (Wildman–Crippen MR) is 71.9 cm³/mol. The molecular formula is C15H24N2. The van der Waals surface area contributed by atoms with E-state index < -0.39 is 0 Å². The Bertz CT molecular complexity index is 329. The zero-order chi connectivity index (χ0) is 11.9. The lowest BCUT2D eigenvalue weighted by molar-refractivity contribution is 0.334. The van der Waals surface area contributed by atoms with Gasteiger partial charge in [-0.2, -0.15) is 0 Å². The van der Waals surface area contributed by atoms with E-state index in [1.54, 1.807) is 0 Å². The summed E-state index contributed by atoms with van der Waals surface area (Å²) in [6.07, 6.45) is 12.4. The first-order chi connectivity index (χ1) is 8.36. The molecule has 1 aromatic rings. The van der Waals surface area contributed by atoms with Crippen molar-refractivity contribution < 1.29 is 0 Å². The lowest BCUT2D eigenvalue weighted by Crippen LogP contribution is -2.19. The van der Waals surface area contributed by atoms with Crippen LogP contribution in [0.4, 0.5) is 0 Å². The maximum Gasteiger partial charge on any atom is 0.0315 e. The molecular weight excluding hydrogens is 208 g/mol. The highest BCUT2D eigenvalue weighted by Crippen LogP contribution is 2.25. The van der Waals surface area contributed by atoms with E-state index in [0.29, 0.717) is 0 Å². The van der Waals surface area contributed by atoms with Gasteiger partial charge in [0.25, 0.3) is 0 Å². The Balaban J connectivity index is 1.64. The number of aryl methyl sites for hydroxylation is 1. The molecule has 1 fully saturated rings. The summed E-state index contributed by atoms with van der Waals surface area (Å²) >= 11 is 0. The summed E-state index contributed by atoms with van der Waals surface area (Å²) in [6.45, 7) is 4.27. The molecule has 1 aromatic heterocycles.